The highest BCUT2D eigenvalue weighted by atomic mass is 16.3. The van der Waals surface area contributed by atoms with E-state index in [4.69, 9.17) is 0 Å². The number of unbranched alkanes of at least 4 members (excludes halogenated alkanes) is 1. The Labute approximate surface area is 135 Å². The number of aliphatic hydroxyl groups excluding tert-OH is 1. The normalized spacial score (nSPS) is 21.0. The molecule has 1 aromatic rings. The summed E-state index contributed by atoms with van der Waals surface area (Å²) in [4.78, 5) is 0. The molecule has 0 aliphatic heterocycles. The van der Waals surface area contributed by atoms with E-state index in [1.54, 1.807) is 0 Å². The number of allylic oxidation sites excluding steroid dienone is 3. The molecule has 0 bridgehead atoms. The number of aliphatic hydroxyl groups is 1. The van der Waals surface area contributed by atoms with E-state index in [0.717, 1.165) is 31.2 Å². The van der Waals surface area contributed by atoms with Crippen molar-refractivity contribution in [1.29, 1.82) is 0 Å². The van der Waals surface area contributed by atoms with Crippen molar-refractivity contribution < 1.29 is 5.11 Å². The van der Waals surface area contributed by atoms with Crippen molar-refractivity contribution in [2.75, 3.05) is 0 Å². The summed E-state index contributed by atoms with van der Waals surface area (Å²) < 4.78 is 0. The Morgan fingerprint density at radius 3 is 2.50 bits per heavy atom. The molecule has 120 valence electrons. The van der Waals surface area contributed by atoms with Crippen molar-refractivity contribution in [2.45, 2.75) is 71.3 Å². The van der Waals surface area contributed by atoms with Gasteiger partial charge in [-0.05, 0) is 60.8 Å². The minimum Gasteiger partial charge on any atom is -0.384 e. The fourth-order valence-electron chi connectivity index (χ4n) is 3.40. The molecule has 1 aliphatic carbocycles. The van der Waals surface area contributed by atoms with E-state index in [-0.39, 0.29) is 0 Å². The smallest absolute Gasteiger partial charge is 0.101 e. The molecule has 0 radical (unpaired) electrons. The molecule has 1 unspecified atom stereocenters. The summed E-state index contributed by atoms with van der Waals surface area (Å²) in [6, 6.07) is 10.1. The van der Waals surface area contributed by atoms with Gasteiger partial charge in [0, 0.05) is 0 Å². The molecule has 2 rings (SSSR count). The first kappa shape index (κ1) is 17.0. The van der Waals surface area contributed by atoms with Crippen LogP contribution >= 0.6 is 0 Å². The Morgan fingerprint density at radius 2 is 1.82 bits per heavy atom. The lowest BCUT2D eigenvalue weighted by molar-refractivity contribution is 0.209. The maximum atomic E-state index is 10.9. The van der Waals surface area contributed by atoms with Crippen LogP contribution in [0.3, 0.4) is 0 Å². The summed E-state index contributed by atoms with van der Waals surface area (Å²) in [7, 11) is 0. The van der Waals surface area contributed by atoms with Crippen LogP contribution in [0.2, 0.25) is 0 Å². The molecule has 0 heterocycles. The topological polar surface area (TPSA) is 20.2 Å². The van der Waals surface area contributed by atoms with Crippen LogP contribution in [0.15, 0.2) is 53.1 Å². The Hall–Kier alpha value is -1.34. The van der Waals surface area contributed by atoms with Gasteiger partial charge in [0.15, 0.2) is 0 Å². The Bertz CT molecular complexity index is 510. The van der Waals surface area contributed by atoms with Crippen molar-refractivity contribution >= 4 is 0 Å². The van der Waals surface area contributed by atoms with Gasteiger partial charge in [-0.1, -0.05) is 63.1 Å². The lowest BCUT2D eigenvalue weighted by Crippen LogP contribution is -2.09. The van der Waals surface area contributed by atoms with Crippen molar-refractivity contribution in [2.24, 2.45) is 0 Å². The van der Waals surface area contributed by atoms with E-state index < -0.39 is 6.10 Å². The molecule has 0 spiro atoms. The fraction of sp³-hybridized carbons (Fsp3) is 0.524. The molecule has 22 heavy (non-hydrogen) atoms. The highest BCUT2D eigenvalue weighted by Crippen LogP contribution is 2.38. The highest BCUT2D eigenvalue weighted by molar-refractivity contribution is 5.41. The molecule has 1 aromatic carbocycles. The summed E-state index contributed by atoms with van der Waals surface area (Å²) in [5, 5.41) is 10.9. The highest BCUT2D eigenvalue weighted by Gasteiger charge is 2.21. The lowest BCUT2D eigenvalue weighted by atomic mass is 9.81. The third-order valence-electron chi connectivity index (χ3n) is 4.54. The van der Waals surface area contributed by atoms with Crippen molar-refractivity contribution in [1.82, 2.24) is 0 Å². The average Bonchev–Trinajstić information content (AvgIpc) is 2.58. The van der Waals surface area contributed by atoms with Gasteiger partial charge in [-0.25, -0.2) is 0 Å². The predicted octanol–water partition coefficient (Wildman–Crippen LogP) is 6.12. The first-order valence-electron chi connectivity index (χ1n) is 8.92. The van der Waals surface area contributed by atoms with Crippen molar-refractivity contribution in [3.63, 3.8) is 0 Å². The van der Waals surface area contributed by atoms with Crippen LogP contribution in [-0.4, -0.2) is 5.11 Å². The van der Waals surface area contributed by atoms with Gasteiger partial charge in [-0.3, -0.25) is 0 Å². The van der Waals surface area contributed by atoms with Gasteiger partial charge < -0.3 is 5.11 Å². The molecular formula is C21H30O. The molecule has 1 heteroatoms. The lowest BCUT2D eigenvalue weighted by Gasteiger charge is -2.26. The zero-order chi connectivity index (χ0) is 15.8. The van der Waals surface area contributed by atoms with Crippen LogP contribution in [0.1, 0.15) is 76.9 Å². The van der Waals surface area contributed by atoms with Gasteiger partial charge in [0.1, 0.15) is 6.10 Å². The summed E-state index contributed by atoms with van der Waals surface area (Å²) in [6.45, 7) is 4.44. The maximum absolute atomic E-state index is 10.9. The van der Waals surface area contributed by atoms with Crippen LogP contribution in [0, 0.1) is 0 Å². The molecule has 1 atom stereocenters. The van der Waals surface area contributed by atoms with Gasteiger partial charge in [0.05, 0.1) is 0 Å². The van der Waals surface area contributed by atoms with Gasteiger partial charge in [0.25, 0.3) is 0 Å². The largest absolute Gasteiger partial charge is 0.384 e. The van der Waals surface area contributed by atoms with E-state index >= 15 is 0 Å². The van der Waals surface area contributed by atoms with Crippen LogP contribution in [-0.2, 0) is 0 Å². The summed E-state index contributed by atoms with van der Waals surface area (Å²) >= 11 is 0. The fourth-order valence-corrected chi connectivity index (χ4v) is 3.40. The predicted molar refractivity (Wildman–Crippen MR) is 94.8 cm³/mol. The second-order valence-corrected chi connectivity index (χ2v) is 6.29. The van der Waals surface area contributed by atoms with E-state index in [1.165, 1.54) is 42.4 Å². The van der Waals surface area contributed by atoms with E-state index in [1.807, 2.05) is 30.3 Å². The molecule has 1 saturated carbocycles. The van der Waals surface area contributed by atoms with E-state index in [2.05, 4.69) is 19.9 Å². The first-order chi connectivity index (χ1) is 10.8. The van der Waals surface area contributed by atoms with Gasteiger partial charge in [-0.15, -0.1) is 0 Å². The minimum atomic E-state index is -0.445. The van der Waals surface area contributed by atoms with Gasteiger partial charge >= 0.3 is 0 Å². The second kappa shape index (κ2) is 8.95. The third-order valence-corrected chi connectivity index (χ3v) is 4.54. The minimum absolute atomic E-state index is 0.445. The standard InChI is InChI=1S/C21H30O/c1-3-5-12-17-13-9-10-16-19(17)20(11-4-2)21(22)18-14-7-6-8-15-18/h6-8,12,14-15,21-22H,3-5,9-11,13,16H2,1-2H3/b17-12+,20-19+. The summed E-state index contributed by atoms with van der Waals surface area (Å²) in [6.07, 6.45) is 11.3. The second-order valence-electron chi connectivity index (χ2n) is 6.29. The Morgan fingerprint density at radius 1 is 1.09 bits per heavy atom. The molecule has 1 nitrogen and oxygen atoms in total. The molecule has 1 N–H and O–H groups in total. The van der Waals surface area contributed by atoms with Crippen LogP contribution in [0.4, 0.5) is 0 Å². The summed E-state index contributed by atoms with van der Waals surface area (Å²) in [5.41, 5.74) is 5.25. The van der Waals surface area contributed by atoms with Crippen molar-refractivity contribution in [3.8, 4) is 0 Å². The maximum Gasteiger partial charge on any atom is 0.101 e. The van der Waals surface area contributed by atoms with Crippen LogP contribution in [0.5, 0.6) is 0 Å². The summed E-state index contributed by atoms with van der Waals surface area (Å²) in [5.74, 6) is 0. The molecule has 0 saturated heterocycles. The average molecular weight is 298 g/mol. The molecule has 1 fully saturated rings. The Balaban J connectivity index is 2.37. The third kappa shape index (κ3) is 4.33. The van der Waals surface area contributed by atoms with Crippen molar-refractivity contribution in [3.05, 3.63) is 58.7 Å². The van der Waals surface area contributed by atoms with Gasteiger partial charge in [-0.2, -0.15) is 0 Å². The van der Waals surface area contributed by atoms with Crippen LogP contribution < -0.4 is 0 Å². The number of hydrogen-bond acceptors (Lipinski definition) is 1. The molecule has 0 aromatic heterocycles. The Kier molecular flexibility index (Phi) is 6.92. The first-order valence-corrected chi connectivity index (χ1v) is 8.92. The molecule has 0 amide bonds. The van der Waals surface area contributed by atoms with Gasteiger partial charge in [0.2, 0.25) is 0 Å². The molecule has 1 aliphatic rings. The monoisotopic (exact) mass is 298 g/mol. The van der Waals surface area contributed by atoms with E-state index in [9.17, 15) is 5.11 Å². The zero-order valence-electron chi connectivity index (χ0n) is 14.1. The zero-order valence-corrected chi connectivity index (χ0v) is 14.1. The molecular weight excluding hydrogens is 268 g/mol. The number of hydrogen-bond donors (Lipinski definition) is 1. The number of benzene rings is 1. The SMILES string of the molecule is CCC/C=C1\CCCC\C1=C(\CCC)C(O)c1ccccc1. The number of rotatable bonds is 6. The quantitative estimate of drug-likeness (QED) is 0.671. The van der Waals surface area contributed by atoms with Crippen LogP contribution in [0.25, 0.3) is 0 Å². The van der Waals surface area contributed by atoms with E-state index in [0.29, 0.717) is 0 Å².